The summed E-state index contributed by atoms with van der Waals surface area (Å²) >= 11 is 0. The quantitative estimate of drug-likeness (QED) is 0.181. The summed E-state index contributed by atoms with van der Waals surface area (Å²) in [5.41, 5.74) is 4.75. The average Bonchev–Trinajstić information content (AvgIpc) is 2.91. The second kappa shape index (κ2) is 6.94. The third kappa shape index (κ3) is 2.76. The molecule has 0 atom stereocenters. The number of ether oxygens (including phenoxy) is 1. The molecule has 0 saturated carbocycles. The molecular weight excluding hydrogens is 424 g/mol. The van der Waals surface area contributed by atoms with Crippen molar-refractivity contribution in [1.82, 2.24) is 0 Å². The van der Waals surface area contributed by atoms with Crippen LogP contribution in [0.2, 0.25) is 0 Å². The van der Waals surface area contributed by atoms with Gasteiger partial charge >= 0.3 is 0 Å². The van der Waals surface area contributed by atoms with Gasteiger partial charge in [-0.05, 0) is 90.8 Å². The minimum atomic E-state index is 0.915. The van der Waals surface area contributed by atoms with Gasteiger partial charge in [0.05, 0.1) is 0 Å². The number of hydrogen-bond acceptors (Lipinski definition) is 1. The van der Waals surface area contributed by atoms with Crippen LogP contribution in [0.25, 0.3) is 65.3 Å². The Kier molecular flexibility index (Phi) is 3.72. The molecular formula is C34H20O. The standard InChI is InChI=1S/C34H20O/c1-2-8-28-21(5-1)11-14-26-17-24-13-12-23(18-27(24)19-31(26)28)25-15-16-29-30-9-3-6-22-7-4-10-32(34(22)30)35-33(29)20-25/h1-20H. The first-order valence-electron chi connectivity index (χ1n) is 12.0. The molecule has 8 rings (SSSR count). The average molecular weight is 445 g/mol. The minimum Gasteiger partial charge on any atom is -0.456 e. The van der Waals surface area contributed by atoms with E-state index in [0.717, 1.165) is 22.6 Å². The van der Waals surface area contributed by atoms with Crippen LogP contribution in [0.3, 0.4) is 0 Å². The van der Waals surface area contributed by atoms with E-state index in [0.29, 0.717) is 0 Å². The van der Waals surface area contributed by atoms with Gasteiger partial charge in [0.2, 0.25) is 0 Å². The second-order valence-electron chi connectivity index (χ2n) is 9.39. The monoisotopic (exact) mass is 444 g/mol. The van der Waals surface area contributed by atoms with Crippen LogP contribution in [0.4, 0.5) is 0 Å². The molecule has 0 bridgehead atoms. The van der Waals surface area contributed by atoms with E-state index in [1.807, 2.05) is 0 Å². The second-order valence-corrected chi connectivity index (χ2v) is 9.39. The van der Waals surface area contributed by atoms with Crippen molar-refractivity contribution in [3.8, 4) is 33.8 Å². The van der Waals surface area contributed by atoms with Crippen LogP contribution >= 0.6 is 0 Å². The normalized spacial score (nSPS) is 12.2. The molecule has 1 aliphatic heterocycles. The molecule has 0 amide bonds. The molecule has 162 valence electrons. The molecule has 1 heteroatoms. The lowest BCUT2D eigenvalue weighted by molar-refractivity contribution is 0.487. The zero-order valence-electron chi connectivity index (χ0n) is 19.0. The first kappa shape index (κ1) is 18.8. The first-order valence-corrected chi connectivity index (χ1v) is 12.0. The van der Waals surface area contributed by atoms with Crippen molar-refractivity contribution in [3.05, 3.63) is 121 Å². The SMILES string of the molecule is c1cc2c3c(cccc3c1)-c1ccc(-c3ccc4cc5ccc6ccccc6c5cc4c3)cc1O2. The smallest absolute Gasteiger partial charge is 0.135 e. The fourth-order valence-electron chi connectivity index (χ4n) is 5.68. The molecule has 7 aromatic carbocycles. The number of fused-ring (bicyclic) bond motifs is 6. The predicted molar refractivity (Wildman–Crippen MR) is 147 cm³/mol. The molecule has 0 aromatic heterocycles. The molecule has 1 heterocycles. The Hall–Kier alpha value is -4.62. The summed E-state index contributed by atoms with van der Waals surface area (Å²) in [7, 11) is 0. The van der Waals surface area contributed by atoms with Gasteiger partial charge < -0.3 is 4.74 Å². The summed E-state index contributed by atoms with van der Waals surface area (Å²) in [4.78, 5) is 0. The van der Waals surface area contributed by atoms with Crippen LogP contribution in [0.15, 0.2) is 121 Å². The summed E-state index contributed by atoms with van der Waals surface area (Å²) in [6.45, 7) is 0. The summed E-state index contributed by atoms with van der Waals surface area (Å²) < 4.78 is 6.40. The highest BCUT2D eigenvalue weighted by atomic mass is 16.5. The van der Waals surface area contributed by atoms with Gasteiger partial charge in [0.15, 0.2) is 0 Å². The van der Waals surface area contributed by atoms with Gasteiger partial charge in [0.1, 0.15) is 11.5 Å². The maximum atomic E-state index is 6.40. The Balaban J connectivity index is 1.30. The van der Waals surface area contributed by atoms with Crippen LogP contribution in [-0.2, 0) is 0 Å². The Morgan fingerprint density at radius 3 is 2.11 bits per heavy atom. The maximum absolute atomic E-state index is 6.40. The zero-order chi connectivity index (χ0) is 22.9. The summed E-state index contributed by atoms with van der Waals surface area (Å²) in [5.74, 6) is 1.85. The summed E-state index contributed by atoms with van der Waals surface area (Å²) in [5, 5.41) is 10.1. The van der Waals surface area contributed by atoms with Gasteiger partial charge in [0.25, 0.3) is 0 Å². The van der Waals surface area contributed by atoms with E-state index < -0.39 is 0 Å². The maximum Gasteiger partial charge on any atom is 0.135 e. The Morgan fingerprint density at radius 1 is 0.371 bits per heavy atom. The third-order valence-corrected chi connectivity index (χ3v) is 7.39. The van der Waals surface area contributed by atoms with Crippen molar-refractivity contribution >= 4 is 43.1 Å². The Labute approximate surface area is 202 Å². The van der Waals surface area contributed by atoms with Crippen LogP contribution in [-0.4, -0.2) is 0 Å². The summed E-state index contributed by atoms with van der Waals surface area (Å²) in [6, 6.07) is 43.8. The largest absolute Gasteiger partial charge is 0.456 e. The third-order valence-electron chi connectivity index (χ3n) is 7.39. The van der Waals surface area contributed by atoms with Gasteiger partial charge in [-0.2, -0.15) is 0 Å². The molecule has 0 spiro atoms. The van der Waals surface area contributed by atoms with Crippen molar-refractivity contribution in [2.75, 3.05) is 0 Å². The number of hydrogen-bond donors (Lipinski definition) is 0. The highest BCUT2D eigenvalue weighted by molar-refractivity contribution is 6.12. The van der Waals surface area contributed by atoms with Gasteiger partial charge in [-0.15, -0.1) is 0 Å². The predicted octanol–water partition coefficient (Wildman–Crippen LogP) is 9.74. The zero-order valence-corrected chi connectivity index (χ0v) is 19.0. The molecule has 7 aromatic rings. The lowest BCUT2D eigenvalue weighted by Gasteiger charge is -2.22. The Bertz CT molecular complexity index is 1970. The van der Waals surface area contributed by atoms with E-state index in [1.54, 1.807) is 0 Å². The Morgan fingerprint density at radius 2 is 1.14 bits per heavy atom. The van der Waals surface area contributed by atoms with E-state index in [-0.39, 0.29) is 0 Å². The van der Waals surface area contributed by atoms with E-state index in [1.165, 1.54) is 54.2 Å². The lowest BCUT2D eigenvalue weighted by atomic mass is 9.92. The van der Waals surface area contributed by atoms with Crippen LogP contribution in [0, 0.1) is 0 Å². The van der Waals surface area contributed by atoms with Gasteiger partial charge in [-0.25, -0.2) is 0 Å². The van der Waals surface area contributed by atoms with Crippen molar-refractivity contribution < 1.29 is 4.74 Å². The summed E-state index contributed by atoms with van der Waals surface area (Å²) in [6.07, 6.45) is 0. The van der Waals surface area contributed by atoms with E-state index in [4.69, 9.17) is 4.74 Å². The molecule has 0 radical (unpaired) electrons. The number of rotatable bonds is 1. The van der Waals surface area contributed by atoms with Crippen LogP contribution < -0.4 is 4.74 Å². The molecule has 0 N–H and O–H groups in total. The molecule has 0 unspecified atom stereocenters. The van der Waals surface area contributed by atoms with Crippen molar-refractivity contribution in [2.45, 2.75) is 0 Å². The van der Waals surface area contributed by atoms with E-state index >= 15 is 0 Å². The van der Waals surface area contributed by atoms with Crippen molar-refractivity contribution in [2.24, 2.45) is 0 Å². The fraction of sp³-hybridized carbons (Fsp3) is 0. The lowest BCUT2D eigenvalue weighted by Crippen LogP contribution is -1.97. The van der Waals surface area contributed by atoms with Crippen molar-refractivity contribution in [1.29, 1.82) is 0 Å². The molecule has 35 heavy (non-hydrogen) atoms. The van der Waals surface area contributed by atoms with Crippen LogP contribution in [0.1, 0.15) is 0 Å². The highest BCUT2D eigenvalue weighted by Gasteiger charge is 2.20. The van der Waals surface area contributed by atoms with Gasteiger partial charge in [0, 0.05) is 10.9 Å². The molecule has 0 fully saturated rings. The van der Waals surface area contributed by atoms with E-state index in [9.17, 15) is 0 Å². The fourth-order valence-corrected chi connectivity index (χ4v) is 5.68. The van der Waals surface area contributed by atoms with E-state index in [2.05, 4.69) is 121 Å². The topological polar surface area (TPSA) is 9.23 Å². The highest BCUT2D eigenvalue weighted by Crippen LogP contribution is 2.47. The van der Waals surface area contributed by atoms with Crippen LogP contribution in [0.5, 0.6) is 11.5 Å². The molecule has 1 aliphatic rings. The molecule has 0 aliphatic carbocycles. The molecule has 1 nitrogen and oxygen atoms in total. The first-order chi connectivity index (χ1) is 17.3. The van der Waals surface area contributed by atoms with Gasteiger partial charge in [-0.1, -0.05) is 84.9 Å². The molecule has 0 saturated heterocycles. The minimum absolute atomic E-state index is 0.915. The number of benzene rings is 7. The van der Waals surface area contributed by atoms with Gasteiger partial charge in [-0.3, -0.25) is 0 Å². The van der Waals surface area contributed by atoms with Crippen molar-refractivity contribution in [3.63, 3.8) is 0 Å².